The van der Waals surface area contributed by atoms with Crippen LogP contribution >= 0.6 is 0 Å². The quantitative estimate of drug-likeness (QED) is 0.667. The third-order valence-corrected chi connectivity index (χ3v) is 3.15. The Bertz CT molecular complexity index is 301. The number of carbonyl (C=O) groups is 2. The monoisotopic (exact) mass is 272 g/mol. The van der Waals surface area contributed by atoms with E-state index in [-0.39, 0.29) is 18.6 Å². The minimum absolute atomic E-state index is 0.116. The van der Waals surface area contributed by atoms with Crippen LogP contribution in [0.3, 0.4) is 0 Å². The second kappa shape index (κ2) is 8.02. The van der Waals surface area contributed by atoms with E-state index in [1.807, 2.05) is 13.8 Å². The van der Waals surface area contributed by atoms with E-state index in [0.717, 1.165) is 19.3 Å². The maximum absolute atomic E-state index is 12.1. The Balaban J connectivity index is 4.37. The van der Waals surface area contributed by atoms with Gasteiger partial charge in [0.2, 0.25) is 0 Å². The number of hydrogen-bond donors (Lipinski definition) is 2. The summed E-state index contributed by atoms with van der Waals surface area (Å²) >= 11 is 0. The lowest BCUT2D eigenvalue weighted by molar-refractivity contribution is -0.146. The van der Waals surface area contributed by atoms with E-state index in [1.54, 1.807) is 18.7 Å². The Hall–Kier alpha value is -1.26. The molecule has 0 aromatic heterocycles. The Labute approximate surface area is 116 Å². The highest BCUT2D eigenvalue weighted by atomic mass is 16.4. The average Bonchev–Trinajstić information content (AvgIpc) is 2.31. The first-order chi connectivity index (χ1) is 8.72. The first kappa shape index (κ1) is 17.7. The predicted octanol–water partition coefficient (Wildman–Crippen LogP) is 2.71. The number of hydrogen-bond acceptors (Lipinski definition) is 2. The third kappa shape index (κ3) is 6.45. The molecule has 0 aliphatic carbocycles. The van der Waals surface area contributed by atoms with Gasteiger partial charge in [-0.2, -0.15) is 0 Å². The third-order valence-electron chi connectivity index (χ3n) is 3.15. The highest BCUT2D eigenvalue weighted by molar-refractivity contribution is 5.77. The zero-order valence-corrected chi connectivity index (χ0v) is 12.8. The maximum atomic E-state index is 12.1. The van der Waals surface area contributed by atoms with Gasteiger partial charge in [-0.3, -0.25) is 4.79 Å². The zero-order valence-electron chi connectivity index (χ0n) is 12.8. The number of nitrogens with one attached hydrogen (secondary N) is 1. The van der Waals surface area contributed by atoms with Gasteiger partial charge in [-0.05, 0) is 34.1 Å². The lowest BCUT2D eigenvalue weighted by atomic mass is 9.94. The molecule has 0 saturated carbocycles. The van der Waals surface area contributed by atoms with E-state index in [9.17, 15) is 9.59 Å². The van der Waals surface area contributed by atoms with Crippen molar-refractivity contribution < 1.29 is 14.7 Å². The molecule has 19 heavy (non-hydrogen) atoms. The van der Waals surface area contributed by atoms with Crippen LogP contribution in [-0.2, 0) is 4.79 Å². The topological polar surface area (TPSA) is 69.6 Å². The van der Waals surface area contributed by atoms with Crippen LogP contribution in [0.5, 0.6) is 0 Å². The first-order valence-corrected chi connectivity index (χ1v) is 7.00. The van der Waals surface area contributed by atoms with Crippen LogP contribution in [0.2, 0.25) is 0 Å². The fourth-order valence-corrected chi connectivity index (χ4v) is 1.60. The second-order valence-corrected chi connectivity index (χ2v) is 5.84. The van der Waals surface area contributed by atoms with Crippen molar-refractivity contribution in [1.29, 1.82) is 0 Å². The number of rotatable bonds is 8. The molecule has 0 heterocycles. The Morgan fingerprint density at radius 3 is 2.26 bits per heavy atom. The number of aliphatic carboxylic acids is 1. The highest BCUT2D eigenvalue weighted by Gasteiger charge is 2.28. The summed E-state index contributed by atoms with van der Waals surface area (Å²) in [5, 5.41) is 11.7. The molecule has 0 atom stereocenters. The number of nitrogens with zero attached hydrogens (tertiary/aromatic N) is 1. The number of amides is 2. The molecule has 0 unspecified atom stereocenters. The molecule has 0 bridgehead atoms. The normalized spacial score (nSPS) is 11.5. The fraction of sp³-hybridized carbons (Fsp3) is 0.857. The summed E-state index contributed by atoms with van der Waals surface area (Å²) in [4.78, 5) is 24.8. The molecule has 0 saturated heterocycles. The molecule has 0 spiro atoms. The van der Waals surface area contributed by atoms with Gasteiger partial charge in [-0.25, -0.2) is 4.79 Å². The number of urea groups is 1. The molecule has 112 valence electrons. The molecule has 2 amide bonds. The number of carbonyl (C=O) groups excluding carboxylic acids is 1. The second-order valence-electron chi connectivity index (χ2n) is 5.84. The summed E-state index contributed by atoms with van der Waals surface area (Å²) in [5.41, 5.74) is -0.943. The van der Waals surface area contributed by atoms with Crippen LogP contribution in [-0.4, -0.2) is 41.1 Å². The molecule has 0 radical (unpaired) electrons. The van der Waals surface area contributed by atoms with Gasteiger partial charge < -0.3 is 15.3 Å². The molecule has 0 aromatic rings. The Morgan fingerprint density at radius 2 is 1.84 bits per heavy atom. The van der Waals surface area contributed by atoms with Gasteiger partial charge in [0.1, 0.15) is 0 Å². The van der Waals surface area contributed by atoms with Crippen LogP contribution in [0.15, 0.2) is 0 Å². The van der Waals surface area contributed by atoms with E-state index in [1.165, 1.54) is 0 Å². The van der Waals surface area contributed by atoms with Crippen LogP contribution < -0.4 is 5.32 Å². The number of unbranched alkanes of at least 4 members (excludes halogenated alkanes) is 2. The Kier molecular flexibility index (Phi) is 7.49. The van der Waals surface area contributed by atoms with Crippen LogP contribution in [0.25, 0.3) is 0 Å². The summed E-state index contributed by atoms with van der Waals surface area (Å²) in [6.45, 7) is 10.1. The van der Waals surface area contributed by atoms with Crippen molar-refractivity contribution in [2.45, 2.75) is 59.9 Å². The van der Waals surface area contributed by atoms with Gasteiger partial charge in [-0.15, -0.1) is 0 Å². The zero-order chi connectivity index (χ0) is 15.1. The highest BCUT2D eigenvalue weighted by Crippen LogP contribution is 2.13. The lowest BCUT2D eigenvalue weighted by Crippen LogP contribution is -2.48. The first-order valence-electron chi connectivity index (χ1n) is 7.00. The molecule has 0 aromatic carbocycles. The minimum Gasteiger partial charge on any atom is -0.481 e. The molecular weight excluding hydrogens is 244 g/mol. The van der Waals surface area contributed by atoms with Gasteiger partial charge >= 0.3 is 12.0 Å². The van der Waals surface area contributed by atoms with Crippen molar-refractivity contribution in [3.8, 4) is 0 Å². The van der Waals surface area contributed by atoms with Gasteiger partial charge in [0.25, 0.3) is 0 Å². The standard InChI is InChI=1S/C14H28N2O3/c1-6-7-8-9-16(11(2)3)13(19)15-10-14(4,5)12(17)18/h11H,6-10H2,1-5H3,(H,15,19)(H,17,18). The molecule has 0 fully saturated rings. The average molecular weight is 272 g/mol. The van der Waals surface area contributed by atoms with Gasteiger partial charge in [0.15, 0.2) is 0 Å². The fourth-order valence-electron chi connectivity index (χ4n) is 1.60. The largest absolute Gasteiger partial charge is 0.481 e. The van der Waals surface area contributed by atoms with Crippen molar-refractivity contribution in [3.63, 3.8) is 0 Å². The summed E-state index contributed by atoms with van der Waals surface area (Å²) < 4.78 is 0. The van der Waals surface area contributed by atoms with E-state index >= 15 is 0 Å². The lowest BCUT2D eigenvalue weighted by Gasteiger charge is -2.29. The van der Waals surface area contributed by atoms with Crippen molar-refractivity contribution in [2.75, 3.05) is 13.1 Å². The van der Waals surface area contributed by atoms with Crippen molar-refractivity contribution in [1.82, 2.24) is 10.2 Å². The molecule has 0 aliphatic rings. The number of carboxylic acid groups (broad SMARTS) is 1. The van der Waals surface area contributed by atoms with E-state index in [2.05, 4.69) is 12.2 Å². The van der Waals surface area contributed by atoms with Crippen molar-refractivity contribution >= 4 is 12.0 Å². The Morgan fingerprint density at radius 1 is 1.26 bits per heavy atom. The van der Waals surface area contributed by atoms with Crippen molar-refractivity contribution in [2.24, 2.45) is 5.41 Å². The van der Waals surface area contributed by atoms with Crippen LogP contribution in [0.4, 0.5) is 4.79 Å². The van der Waals surface area contributed by atoms with E-state index in [0.29, 0.717) is 6.54 Å². The maximum Gasteiger partial charge on any atom is 0.317 e. The smallest absolute Gasteiger partial charge is 0.317 e. The van der Waals surface area contributed by atoms with Gasteiger partial charge in [0, 0.05) is 19.1 Å². The van der Waals surface area contributed by atoms with Gasteiger partial charge in [-0.1, -0.05) is 19.8 Å². The molecule has 2 N–H and O–H groups in total. The van der Waals surface area contributed by atoms with Crippen LogP contribution in [0, 0.1) is 5.41 Å². The van der Waals surface area contributed by atoms with Crippen LogP contribution in [0.1, 0.15) is 53.9 Å². The molecule has 5 nitrogen and oxygen atoms in total. The van der Waals surface area contributed by atoms with E-state index in [4.69, 9.17) is 5.11 Å². The van der Waals surface area contributed by atoms with Gasteiger partial charge in [0.05, 0.1) is 5.41 Å². The molecule has 5 heteroatoms. The summed E-state index contributed by atoms with van der Waals surface area (Å²) in [7, 11) is 0. The summed E-state index contributed by atoms with van der Waals surface area (Å²) in [6.07, 6.45) is 3.18. The molecular formula is C14H28N2O3. The number of carboxylic acids is 1. The van der Waals surface area contributed by atoms with E-state index < -0.39 is 11.4 Å². The van der Waals surface area contributed by atoms with Crippen molar-refractivity contribution in [3.05, 3.63) is 0 Å². The summed E-state index contributed by atoms with van der Waals surface area (Å²) in [6, 6.07) is -0.0646. The predicted molar refractivity (Wildman–Crippen MR) is 76.2 cm³/mol. The SMILES string of the molecule is CCCCCN(C(=O)NCC(C)(C)C(=O)O)C(C)C. The minimum atomic E-state index is -0.943. The summed E-state index contributed by atoms with van der Waals surface area (Å²) in [5.74, 6) is -0.908. The molecule has 0 rings (SSSR count). The molecule has 0 aliphatic heterocycles.